The minimum atomic E-state index is -0.0181. The first-order valence-electron chi connectivity index (χ1n) is 5.59. The minimum Gasteiger partial charge on any atom is -0.326 e. The van der Waals surface area contributed by atoms with E-state index in [1.165, 1.54) is 0 Å². The quantitative estimate of drug-likeness (QED) is 0.909. The largest absolute Gasteiger partial charge is 0.326 e. The highest BCUT2D eigenvalue weighted by atomic mass is 35.5. The van der Waals surface area contributed by atoms with Crippen LogP contribution >= 0.6 is 11.6 Å². The van der Waals surface area contributed by atoms with Crippen molar-refractivity contribution in [3.63, 3.8) is 0 Å². The Morgan fingerprint density at radius 3 is 2.41 bits per heavy atom. The molecule has 0 aliphatic rings. The van der Waals surface area contributed by atoms with Crippen LogP contribution in [0.1, 0.15) is 24.1 Å². The molecule has 1 heterocycles. The van der Waals surface area contributed by atoms with Gasteiger partial charge in [0.25, 0.3) is 0 Å². The van der Waals surface area contributed by atoms with Gasteiger partial charge in [-0.1, -0.05) is 23.7 Å². The highest BCUT2D eigenvalue weighted by Gasteiger charge is 2.18. The van der Waals surface area contributed by atoms with Crippen LogP contribution < -0.4 is 5.73 Å². The van der Waals surface area contributed by atoms with Crippen LogP contribution in [0.5, 0.6) is 0 Å². The Bertz CT molecular complexity index is 488. The molecule has 2 N–H and O–H groups in total. The molecule has 0 aliphatic carbocycles. The van der Waals surface area contributed by atoms with Gasteiger partial charge in [0.15, 0.2) is 0 Å². The summed E-state index contributed by atoms with van der Waals surface area (Å²) in [6.07, 6.45) is 3.84. The number of rotatable bonds is 3. The van der Waals surface area contributed by atoms with Gasteiger partial charge >= 0.3 is 0 Å². The minimum absolute atomic E-state index is 0.0181. The molecule has 2 unspecified atom stereocenters. The molecule has 0 saturated carbocycles. The number of benzene rings is 1. The standard InChI is InChI=1S/C13H16ClN3/c1-9-7-16-17(8-9)13(10(2)15)11-3-5-12(14)6-4-11/h3-8,10,13H,15H2,1-2H3. The highest BCUT2D eigenvalue weighted by Crippen LogP contribution is 2.22. The molecule has 2 aromatic rings. The lowest BCUT2D eigenvalue weighted by molar-refractivity contribution is 0.454. The Kier molecular flexibility index (Phi) is 3.50. The van der Waals surface area contributed by atoms with Crippen LogP contribution in [0.3, 0.4) is 0 Å². The van der Waals surface area contributed by atoms with E-state index in [2.05, 4.69) is 5.10 Å². The molecule has 0 aliphatic heterocycles. The molecule has 0 radical (unpaired) electrons. The molecular formula is C13H16ClN3. The number of aromatic nitrogens is 2. The van der Waals surface area contributed by atoms with Gasteiger partial charge in [0, 0.05) is 17.3 Å². The molecular weight excluding hydrogens is 234 g/mol. The van der Waals surface area contributed by atoms with Gasteiger partial charge in [-0.2, -0.15) is 5.10 Å². The molecule has 0 saturated heterocycles. The third kappa shape index (κ3) is 2.68. The van der Waals surface area contributed by atoms with E-state index in [9.17, 15) is 0 Å². The number of hydrogen-bond acceptors (Lipinski definition) is 2. The van der Waals surface area contributed by atoms with Gasteiger partial charge in [0.1, 0.15) is 0 Å². The van der Waals surface area contributed by atoms with Gasteiger partial charge in [-0.05, 0) is 37.1 Å². The Labute approximate surface area is 106 Å². The van der Waals surface area contributed by atoms with Crippen molar-refractivity contribution < 1.29 is 0 Å². The van der Waals surface area contributed by atoms with Gasteiger partial charge in [-0.25, -0.2) is 0 Å². The average molecular weight is 250 g/mol. The second kappa shape index (κ2) is 4.90. The smallest absolute Gasteiger partial charge is 0.0916 e. The molecule has 0 bridgehead atoms. The van der Waals surface area contributed by atoms with Crippen LogP contribution in [0.2, 0.25) is 5.02 Å². The van der Waals surface area contributed by atoms with E-state index in [0.717, 1.165) is 16.1 Å². The maximum Gasteiger partial charge on any atom is 0.0916 e. The lowest BCUT2D eigenvalue weighted by atomic mass is 10.0. The van der Waals surface area contributed by atoms with Crippen molar-refractivity contribution in [3.8, 4) is 0 Å². The normalized spacial score (nSPS) is 14.6. The van der Waals surface area contributed by atoms with E-state index in [4.69, 9.17) is 17.3 Å². The second-order valence-corrected chi connectivity index (χ2v) is 4.79. The molecule has 17 heavy (non-hydrogen) atoms. The Morgan fingerprint density at radius 1 is 1.29 bits per heavy atom. The van der Waals surface area contributed by atoms with E-state index in [1.54, 1.807) is 0 Å². The molecule has 1 aromatic heterocycles. The first kappa shape index (κ1) is 12.1. The Morgan fingerprint density at radius 2 is 1.94 bits per heavy atom. The number of halogens is 1. The highest BCUT2D eigenvalue weighted by molar-refractivity contribution is 6.30. The first-order chi connectivity index (χ1) is 8.08. The summed E-state index contributed by atoms with van der Waals surface area (Å²) in [5, 5.41) is 5.07. The first-order valence-corrected chi connectivity index (χ1v) is 5.97. The number of aryl methyl sites for hydroxylation is 1. The van der Waals surface area contributed by atoms with Crippen LogP contribution in [-0.2, 0) is 0 Å². The van der Waals surface area contributed by atoms with Crippen molar-refractivity contribution in [3.05, 3.63) is 52.8 Å². The predicted octanol–water partition coefficient (Wildman–Crippen LogP) is 2.78. The molecule has 4 heteroatoms. The SMILES string of the molecule is Cc1cnn(C(c2ccc(Cl)cc2)C(C)N)c1. The van der Waals surface area contributed by atoms with Crippen molar-refractivity contribution in [1.29, 1.82) is 0 Å². The average Bonchev–Trinajstić information content (AvgIpc) is 2.68. The summed E-state index contributed by atoms with van der Waals surface area (Å²) in [5.74, 6) is 0. The van der Waals surface area contributed by atoms with Crippen molar-refractivity contribution in [2.24, 2.45) is 5.73 Å². The fourth-order valence-electron chi connectivity index (χ4n) is 1.94. The molecule has 1 aromatic carbocycles. The van der Waals surface area contributed by atoms with Crippen molar-refractivity contribution in [1.82, 2.24) is 9.78 Å². The number of nitrogens with zero attached hydrogens (tertiary/aromatic N) is 2. The Hall–Kier alpha value is -1.32. The summed E-state index contributed by atoms with van der Waals surface area (Å²) < 4.78 is 1.91. The molecule has 2 atom stereocenters. The van der Waals surface area contributed by atoms with Gasteiger partial charge in [0.05, 0.1) is 12.2 Å². The van der Waals surface area contributed by atoms with Crippen molar-refractivity contribution in [2.75, 3.05) is 0 Å². The second-order valence-electron chi connectivity index (χ2n) is 4.35. The van der Waals surface area contributed by atoms with Crippen molar-refractivity contribution >= 4 is 11.6 Å². The summed E-state index contributed by atoms with van der Waals surface area (Å²) in [6, 6.07) is 7.77. The lowest BCUT2D eigenvalue weighted by Gasteiger charge is -2.21. The topological polar surface area (TPSA) is 43.8 Å². The Balaban J connectivity index is 2.39. The molecule has 0 fully saturated rings. The summed E-state index contributed by atoms with van der Waals surface area (Å²) in [5.41, 5.74) is 8.30. The molecule has 90 valence electrons. The maximum absolute atomic E-state index is 6.05. The van der Waals surface area contributed by atoms with E-state index in [1.807, 2.05) is 55.2 Å². The lowest BCUT2D eigenvalue weighted by Crippen LogP contribution is -2.30. The van der Waals surface area contributed by atoms with Gasteiger partial charge in [-0.3, -0.25) is 4.68 Å². The molecule has 2 rings (SSSR count). The fraction of sp³-hybridized carbons (Fsp3) is 0.308. The van der Waals surface area contributed by atoms with Crippen LogP contribution in [0, 0.1) is 6.92 Å². The van der Waals surface area contributed by atoms with E-state index >= 15 is 0 Å². The third-order valence-electron chi connectivity index (χ3n) is 2.73. The monoisotopic (exact) mass is 249 g/mol. The maximum atomic E-state index is 6.05. The van der Waals surface area contributed by atoms with Gasteiger partial charge < -0.3 is 5.73 Å². The van der Waals surface area contributed by atoms with Crippen LogP contribution in [0.4, 0.5) is 0 Å². The van der Waals surface area contributed by atoms with Crippen LogP contribution in [0.15, 0.2) is 36.7 Å². The summed E-state index contributed by atoms with van der Waals surface area (Å²) >= 11 is 5.89. The van der Waals surface area contributed by atoms with Gasteiger partial charge in [-0.15, -0.1) is 0 Å². The zero-order valence-corrected chi connectivity index (χ0v) is 10.7. The molecule has 0 spiro atoms. The molecule has 3 nitrogen and oxygen atoms in total. The van der Waals surface area contributed by atoms with Crippen LogP contribution in [-0.4, -0.2) is 15.8 Å². The summed E-state index contributed by atoms with van der Waals surface area (Å²) in [6.45, 7) is 4.00. The summed E-state index contributed by atoms with van der Waals surface area (Å²) in [4.78, 5) is 0. The number of hydrogen-bond donors (Lipinski definition) is 1. The summed E-state index contributed by atoms with van der Waals surface area (Å²) in [7, 11) is 0. The van der Waals surface area contributed by atoms with E-state index in [0.29, 0.717) is 0 Å². The zero-order valence-electron chi connectivity index (χ0n) is 9.97. The van der Waals surface area contributed by atoms with E-state index in [-0.39, 0.29) is 12.1 Å². The van der Waals surface area contributed by atoms with Crippen LogP contribution in [0.25, 0.3) is 0 Å². The zero-order chi connectivity index (χ0) is 12.4. The molecule has 0 amide bonds. The third-order valence-corrected chi connectivity index (χ3v) is 2.98. The predicted molar refractivity (Wildman–Crippen MR) is 70.2 cm³/mol. The van der Waals surface area contributed by atoms with E-state index < -0.39 is 0 Å². The fourth-order valence-corrected chi connectivity index (χ4v) is 2.07. The van der Waals surface area contributed by atoms with Gasteiger partial charge in [0.2, 0.25) is 0 Å². The van der Waals surface area contributed by atoms with Crippen molar-refractivity contribution in [2.45, 2.75) is 25.9 Å². The number of nitrogens with two attached hydrogens (primary N) is 1.